The zero-order valence-corrected chi connectivity index (χ0v) is 26.1. The second-order valence-corrected chi connectivity index (χ2v) is 20.1. The first kappa shape index (κ1) is 29.3. The number of methoxy groups -OCH3 is 1. The molecule has 4 aliphatic carbocycles. The summed E-state index contributed by atoms with van der Waals surface area (Å²) in [5, 5.41) is 12.6. The topological polar surface area (TPSA) is 72.8 Å². The molecule has 0 spiro atoms. The van der Waals surface area contributed by atoms with Gasteiger partial charge in [-0.1, -0.05) is 41.5 Å². The fourth-order valence-corrected chi connectivity index (χ4v) is 10.6. The van der Waals surface area contributed by atoms with E-state index in [1.165, 1.54) is 7.11 Å². The van der Waals surface area contributed by atoms with Crippen molar-refractivity contribution in [3.8, 4) is 0 Å². The second kappa shape index (κ2) is 9.73. The van der Waals surface area contributed by atoms with Crippen molar-refractivity contribution < 1.29 is 23.9 Å². The van der Waals surface area contributed by atoms with Crippen LogP contribution < -0.4 is 0 Å². The Morgan fingerprint density at radius 2 is 1.81 bits per heavy atom. The molecule has 4 rings (SSSR count). The van der Waals surface area contributed by atoms with Crippen molar-refractivity contribution in [2.45, 2.75) is 136 Å². The highest BCUT2D eigenvalue weighted by Gasteiger charge is 2.69. The Kier molecular flexibility index (Phi) is 7.69. The number of hydrogen-bond acceptors (Lipinski definition) is 5. The average Bonchev–Trinajstić information content (AvgIpc) is 3.08. The SMILES string of the molecule is COC(=O)CC[C@@H](C)[C@H]1CC[C@@]2(O)[C@@H]3C(=O)C[C@@H]4C[C@H](O[Si](C)(C)C(C)(C)C)CC[C@]4(C)[C@H]3CC[C@]12C. The monoisotopic (exact) mass is 534 g/mol. The van der Waals surface area contributed by atoms with Crippen LogP contribution in [0.4, 0.5) is 0 Å². The molecule has 1 N–H and O–H groups in total. The van der Waals surface area contributed by atoms with Crippen LogP contribution in [0, 0.1) is 40.4 Å². The van der Waals surface area contributed by atoms with Crippen LogP contribution >= 0.6 is 0 Å². The maximum absolute atomic E-state index is 13.9. The van der Waals surface area contributed by atoms with Gasteiger partial charge in [0.05, 0.1) is 18.6 Å². The number of aliphatic hydroxyl groups is 1. The van der Waals surface area contributed by atoms with Crippen molar-refractivity contribution in [2.75, 3.05) is 7.11 Å². The highest BCUT2D eigenvalue weighted by molar-refractivity contribution is 6.74. The van der Waals surface area contributed by atoms with E-state index in [1.807, 2.05) is 0 Å². The summed E-state index contributed by atoms with van der Waals surface area (Å²) in [4.78, 5) is 25.7. The average molecular weight is 535 g/mol. The number of esters is 1. The summed E-state index contributed by atoms with van der Waals surface area (Å²) < 4.78 is 11.7. The van der Waals surface area contributed by atoms with Crippen molar-refractivity contribution in [1.82, 2.24) is 0 Å². The Morgan fingerprint density at radius 1 is 1.14 bits per heavy atom. The molecule has 0 aliphatic heterocycles. The van der Waals surface area contributed by atoms with Crippen LogP contribution in [0.2, 0.25) is 18.1 Å². The summed E-state index contributed by atoms with van der Waals surface area (Å²) in [6.45, 7) is 18.5. The van der Waals surface area contributed by atoms with Gasteiger partial charge in [0.25, 0.3) is 0 Å². The van der Waals surface area contributed by atoms with Gasteiger partial charge in [-0.05, 0) is 98.6 Å². The minimum Gasteiger partial charge on any atom is -0.469 e. The van der Waals surface area contributed by atoms with Gasteiger partial charge in [-0.2, -0.15) is 0 Å². The molecule has 0 heterocycles. The lowest BCUT2D eigenvalue weighted by Crippen LogP contribution is -2.65. The highest BCUT2D eigenvalue weighted by Crippen LogP contribution is 2.69. The first-order valence-electron chi connectivity index (χ1n) is 15.0. The van der Waals surface area contributed by atoms with Gasteiger partial charge in [-0.25, -0.2) is 0 Å². The van der Waals surface area contributed by atoms with Gasteiger partial charge in [0, 0.05) is 24.4 Å². The number of ether oxygens (including phenoxy) is 1. The summed E-state index contributed by atoms with van der Waals surface area (Å²) in [6.07, 6.45) is 8.84. The van der Waals surface area contributed by atoms with E-state index in [0.717, 1.165) is 44.9 Å². The van der Waals surface area contributed by atoms with E-state index in [2.05, 4.69) is 54.6 Å². The molecule has 9 atom stereocenters. The smallest absolute Gasteiger partial charge is 0.305 e. The molecule has 212 valence electrons. The van der Waals surface area contributed by atoms with Crippen LogP contribution in [0.15, 0.2) is 0 Å². The number of Topliss-reactive ketones (excluding diaryl/α,β-unsaturated/α-hetero) is 1. The van der Waals surface area contributed by atoms with Gasteiger partial charge in [0.15, 0.2) is 8.32 Å². The molecule has 0 amide bonds. The third-order valence-corrected chi connectivity index (χ3v) is 17.2. The molecule has 4 fully saturated rings. The van der Waals surface area contributed by atoms with E-state index in [4.69, 9.17) is 9.16 Å². The quantitative estimate of drug-likeness (QED) is 0.296. The predicted octanol–water partition coefficient (Wildman–Crippen LogP) is 6.92. The van der Waals surface area contributed by atoms with Crippen LogP contribution in [-0.2, 0) is 18.8 Å². The predicted molar refractivity (Wildman–Crippen MR) is 150 cm³/mol. The Bertz CT molecular complexity index is 895. The summed E-state index contributed by atoms with van der Waals surface area (Å²) in [6, 6.07) is 0. The van der Waals surface area contributed by atoms with E-state index in [9.17, 15) is 14.7 Å². The van der Waals surface area contributed by atoms with Crippen molar-refractivity contribution >= 4 is 20.1 Å². The first-order valence-corrected chi connectivity index (χ1v) is 17.9. The van der Waals surface area contributed by atoms with E-state index in [0.29, 0.717) is 42.8 Å². The van der Waals surface area contributed by atoms with E-state index in [-0.39, 0.29) is 39.8 Å². The molecule has 0 aromatic rings. The Hall–Kier alpha value is -0.723. The number of rotatable bonds is 6. The largest absolute Gasteiger partial charge is 0.469 e. The standard InChI is InChI=1S/C31H54O5Si/c1-20(10-11-26(33)35-7)23-14-17-31(34)27-24(13-16-30(23,31)6)29(5)15-12-22(18-21(29)19-25(27)32)36-37(8,9)28(2,3)4/h20-24,27,34H,10-19H2,1-9H3/t20-,21+,22-,23-,24+,27+,29+,30-,31-/m1/s1. The normalized spacial score (nSPS) is 43.0. The molecule has 6 heteroatoms. The Morgan fingerprint density at radius 3 is 2.43 bits per heavy atom. The fourth-order valence-electron chi connectivity index (χ4n) is 9.19. The van der Waals surface area contributed by atoms with Crippen LogP contribution in [-0.4, -0.2) is 44.0 Å². The van der Waals surface area contributed by atoms with E-state index >= 15 is 0 Å². The van der Waals surface area contributed by atoms with Gasteiger partial charge in [-0.15, -0.1) is 0 Å². The van der Waals surface area contributed by atoms with Gasteiger partial charge in [0.1, 0.15) is 5.78 Å². The Labute approximate surface area is 227 Å². The minimum atomic E-state index is -1.85. The van der Waals surface area contributed by atoms with Crippen LogP contribution in [0.25, 0.3) is 0 Å². The van der Waals surface area contributed by atoms with Crippen molar-refractivity contribution in [3.05, 3.63) is 0 Å². The molecule has 0 aromatic carbocycles. The van der Waals surface area contributed by atoms with Crippen molar-refractivity contribution in [3.63, 3.8) is 0 Å². The zero-order valence-electron chi connectivity index (χ0n) is 25.1. The van der Waals surface area contributed by atoms with Gasteiger partial charge in [0.2, 0.25) is 0 Å². The maximum Gasteiger partial charge on any atom is 0.305 e. The van der Waals surface area contributed by atoms with Gasteiger partial charge in [-0.3, -0.25) is 9.59 Å². The number of carbonyl (C=O) groups excluding carboxylic acids is 2. The minimum absolute atomic E-state index is 0.0948. The molecule has 0 aromatic heterocycles. The Balaban J connectivity index is 1.52. The lowest BCUT2D eigenvalue weighted by molar-refractivity contribution is -0.209. The molecule has 0 saturated heterocycles. The molecule has 0 radical (unpaired) electrons. The number of ketones is 1. The lowest BCUT2D eigenvalue weighted by atomic mass is 9.42. The van der Waals surface area contributed by atoms with Crippen LogP contribution in [0.3, 0.4) is 0 Å². The summed E-state index contributed by atoms with van der Waals surface area (Å²) in [5.41, 5.74) is -1.11. The highest BCUT2D eigenvalue weighted by atomic mass is 28.4. The van der Waals surface area contributed by atoms with E-state index in [1.54, 1.807) is 0 Å². The third-order valence-electron chi connectivity index (χ3n) is 12.6. The molecule has 4 saturated carbocycles. The zero-order chi connectivity index (χ0) is 27.6. The van der Waals surface area contributed by atoms with Gasteiger partial charge >= 0.3 is 5.97 Å². The summed E-state index contributed by atoms with van der Waals surface area (Å²) in [5.74, 6) is 1.15. The van der Waals surface area contributed by atoms with Gasteiger partial charge < -0.3 is 14.3 Å². The summed E-state index contributed by atoms with van der Waals surface area (Å²) >= 11 is 0. The van der Waals surface area contributed by atoms with E-state index < -0.39 is 13.9 Å². The van der Waals surface area contributed by atoms with Crippen LogP contribution in [0.1, 0.15) is 106 Å². The summed E-state index contributed by atoms with van der Waals surface area (Å²) in [7, 11) is -0.409. The maximum atomic E-state index is 13.9. The fraction of sp³-hybridized carbons (Fsp3) is 0.935. The number of hydrogen-bond donors (Lipinski definition) is 1. The molecule has 4 aliphatic rings. The number of carbonyl (C=O) groups is 2. The third kappa shape index (κ3) is 4.69. The molecular weight excluding hydrogens is 480 g/mol. The lowest BCUT2D eigenvalue weighted by Gasteiger charge is -2.63. The van der Waals surface area contributed by atoms with Crippen molar-refractivity contribution in [1.29, 1.82) is 0 Å². The van der Waals surface area contributed by atoms with Crippen LogP contribution in [0.5, 0.6) is 0 Å². The molecule has 0 bridgehead atoms. The number of fused-ring (bicyclic) bond motifs is 5. The molecule has 0 unspecified atom stereocenters. The first-order chi connectivity index (χ1) is 17.0. The molecular formula is C31H54O5Si. The molecule has 5 nitrogen and oxygen atoms in total. The second-order valence-electron chi connectivity index (χ2n) is 15.3. The van der Waals surface area contributed by atoms with Crippen molar-refractivity contribution in [2.24, 2.45) is 40.4 Å². The molecule has 37 heavy (non-hydrogen) atoms.